The van der Waals surface area contributed by atoms with E-state index < -0.39 is 0 Å². The molecule has 2 aromatic rings. The molecule has 0 aliphatic rings. The Morgan fingerprint density at radius 1 is 1.16 bits per heavy atom. The second-order valence-electron chi connectivity index (χ2n) is 4.83. The van der Waals surface area contributed by atoms with Crippen molar-refractivity contribution in [2.75, 3.05) is 11.1 Å². The lowest BCUT2D eigenvalue weighted by Gasteiger charge is -2.11. The molecule has 0 spiro atoms. The molecule has 0 aliphatic carbocycles. The van der Waals surface area contributed by atoms with Crippen molar-refractivity contribution in [2.24, 2.45) is 0 Å². The summed E-state index contributed by atoms with van der Waals surface area (Å²) in [5, 5.41) is 3.26. The monoisotopic (exact) mass is 320 g/mol. The van der Waals surface area contributed by atoms with Crippen molar-refractivity contribution in [3.63, 3.8) is 0 Å². The number of nitrogens with one attached hydrogen (secondary N) is 1. The molecule has 2 rings (SSSR count). The third-order valence-corrected chi connectivity index (χ3v) is 3.05. The highest BCUT2D eigenvalue weighted by molar-refractivity contribution is 9.10. The predicted molar refractivity (Wildman–Crippen MR) is 82.7 cm³/mol. The Morgan fingerprint density at radius 3 is 2.53 bits per heavy atom. The number of hydrogen-bond donors (Lipinski definition) is 2. The number of nitrogens with zero attached hydrogens (tertiary/aromatic N) is 2. The molecule has 3 N–H and O–H groups in total. The molecule has 0 atom stereocenters. The zero-order chi connectivity index (χ0) is 14.0. The van der Waals surface area contributed by atoms with Crippen molar-refractivity contribution in [1.82, 2.24) is 9.97 Å². The molecule has 0 radical (unpaired) electrons. The van der Waals surface area contributed by atoms with E-state index in [0.717, 1.165) is 16.0 Å². The molecule has 1 aromatic carbocycles. The normalized spacial score (nSPS) is 10.8. The fourth-order valence-corrected chi connectivity index (χ4v) is 2.37. The van der Waals surface area contributed by atoms with Gasteiger partial charge in [0.1, 0.15) is 17.5 Å². The number of anilines is 3. The minimum absolute atomic E-state index is 0.244. The van der Waals surface area contributed by atoms with Crippen LogP contribution in [0.1, 0.15) is 31.2 Å². The average molecular weight is 321 g/mol. The zero-order valence-corrected chi connectivity index (χ0v) is 12.8. The van der Waals surface area contributed by atoms with Crippen molar-refractivity contribution < 1.29 is 0 Å². The summed E-state index contributed by atoms with van der Waals surface area (Å²) in [7, 11) is 0. The fourth-order valence-electron chi connectivity index (χ4n) is 1.76. The maximum atomic E-state index is 5.81. The van der Waals surface area contributed by atoms with Gasteiger partial charge < -0.3 is 11.1 Å². The fraction of sp³-hybridized carbons (Fsp3) is 0.286. The second-order valence-corrected chi connectivity index (χ2v) is 5.75. The summed E-state index contributed by atoms with van der Waals surface area (Å²) in [5.41, 5.74) is 7.95. The molecular formula is C14H17BrN4. The molecule has 0 bridgehead atoms. The van der Waals surface area contributed by atoms with Crippen molar-refractivity contribution in [2.45, 2.75) is 26.7 Å². The number of nitrogen functional groups attached to an aromatic ring is 1. The number of benzene rings is 1. The van der Waals surface area contributed by atoms with E-state index in [4.69, 9.17) is 5.73 Å². The average Bonchev–Trinajstić information content (AvgIpc) is 2.26. The number of rotatable bonds is 3. The van der Waals surface area contributed by atoms with Gasteiger partial charge in [-0.2, -0.15) is 0 Å². The summed E-state index contributed by atoms with van der Waals surface area (Å²) >= 11 is 3.48. The van der Waals surface area contributed by atoms with Gasteiger partial charge in [-0.1, -0.05) is 29.8 Å². The van der Waals surface area contributed by atoms with Crippen LogP contribution in [-0.2, 0) is 0 Å². The first-order valence-electron chi connectivity index (χ1n) is 6.12. The van der Waals surface area contributed by atoms with Crippen molar-refractivity contribution >= 4 is 33.3 Å². The van der Waals surface area contributed by atoms with E-state index in [0.29, 0.717) is 11.6 Å². The zero-order valence-electron chi connectivity index (χ0n) is 11.2. The van der Waals surface area contributed by atoms with Gasteiger partial charge >= 0.3 is 0 Å². The van der Waals surface area contributed by atoms with Gasteiger partial charge in [0, 0.05) is 22.1 Å². The second kappa shape index (κ2) is 5.57. The largest absolute Gasteiger partial charge is 0.384 e. The van der Waals surface area contributed by atoms with Crippen molar-refractivity contribution in [3.05, 3.63) is 40.1 Å². The molecule has 1 heterocycles. The van der Waals surface area contributed by atoms with Crippen LogP contribution in [0, 0.1) is 6.92 Å². The highest BCUT2D eigenvalue weighted by atomic mass is 79.9. The molecule has 0 unspecified atom stereocenters. The quantitative estimate of drug-likeness (QED) is 0.897. The maximum Gasteiger partial charge on any atom is 0.136 e. The summed E-state index contributed by atoms with van der Waals surface area (Å²) in [5.74, 6) is 2.18. The Balaban J connectivity index is 2.32. The Hall–Kier alpha value is -1.62. The van der Waals surface area contributed by atoms with Gasteiger partial charge in [-0.05, 0) is 30.7 Å². The van der Waals surface area contributed by atoms with E-state index >= 15 is 0 Å². The Labute approximate surface area is 121 Å². The van der Waals surface area contributed by atoms with Crippen LogP contribution in [0.3, 0.4) is 0 Å². The molecule has 4 nitrogen and oxygen atoms in total. The third-order valence-electron chi connectivity index (χ3n) is 2.59. The topological polar surface area (TPSA) is 63.8 Å². The highest BCUT2D eigenvalue weighted by Gasteiger charge is 2.07. The van der Waals surface area contributed by atoms with E-state index in [-0.39, 0.29) is 5.92 Å². The summed E-state index contributed by atoms with van der Waals surface area (Å²) in [4.78, 5) is 8.70. The number of hydrogen-bond acceptors (Lipinski definition) is 4. The Morgan fingerprint density at radius 2 is 1.89 bits per heavy atom. The molecule has 100 valence electrons. The first-order valence-corrected chi connectivity index (χ1v) is 6.92. The lowest BCUT2D eigenvalue weighted by molar-refractivity contribution is 0.779. The maximum absolute atomic E-state index is 5.81. The Kier molecular flexibility index (Phi) is 4.04. The molecule has 0 saturated carbocycles. The highest BCUT2D eigenvalue weighted by Crippen LogP contribution is 2.23. The molecule has 0 saturated heterocycles. The molecular weight excluding hydrogens is 304 g/mol. The standard InChI is InChI=1S/C14H17BrN4/c1-8(2)14-18-12(16)7-13(19-14)17-11-5-9(3)4-10(15)6-11/h4-8H,1-3H3,(H3,16,17,18,19). The van der Waals surface area contributed by atoms with Crippen molar-refractivity contribution in [3.8, 4) is 0 Å². The van der Waals surface area contributed by atoms with Gasteiger partial charge in [0.25, 0.3) is 0 Å². The lowest BCUT2D eigenvalue weighted by Crippen LogP contribution is -2.04. The van der Waals surface area contributed by atoms with E-state index in [2.05, 4.69) is 43.3 Å². The molecule has 1 aromatic heterocycles. The summed E-state index contributed by atoms with van der Waals surface area (Å²) in [6, 6.07) is 7.85. The first kappa shape index (κ1) is 13.8. The number of nitrogens with two attached hydrogens (primary N) is 1. The minimum Gasteiger partial charge on any atom is -0.384 e. The summed E-state index contributed by atoms with van der Waals surface area (Å²) < 4.78 is 1.03. The number of aromatic nitrogens is 2. The Bertz CT molecular complexity index is 576. The van der Waals surface area contributed by atoms with Crippen LogP contribution < -0.4 is 11.1 Å². The van der Waals surface area contributed by atoms with E-state index in [1.807, 2.05) is 26.8 Å². The molecule has 5 heteroatoms. The van der Waals surface area contributed by atoms with E-state index in [1.54, 1.807) is 6.07 Å². The molecule has 0 fully saturated rings. The molecule has 19 heavy (non-hydrogen) atoms. The number of halogens is 1. The van der Waals surface area contributed by atoms with Gasteiger partial charge in [0.2, 0.25) is 0 Å². The van der Waals surface area contributed by atoms with Crippen LogP contribution in [0.15, 0.2) is 28.7 Å². The third kappa shape index (κ3) is 3.67. The molecule has 0 aliphatic heterocycles. The van der Waals surface area contributed by atoms with Gasteiger partial charge in [0.15, 0.2) is 0 Å². The van der Waals surface area contributed by atoms with Crippen molar-refractivity contribution in [1.29, 1.82) is 0 Å². The van der Waals surface area contributed by atoms with Crippen LogP contribution in [0.5, 0.6) is 0 Å². The van der Waals surface area contributed by atoms with Gasteiger partial charge in [-0.25, -0.2) is 9.97 Å². The van der Waals surface area contributed by atoms with Crippen LogP contribution in [-0.4, -0.2) is 9.97 Å². The minimum atomic E-state index is 0.244. The lowest BCUT2D eigenvalue weighted by atomic mass is 10.2. The smallest absolute Gasteiger partial charge is 0.136 e. The predicted octanol–water partition coefficient (Wildman–Crippen LogP) is 4.00. The first-order chi connectivity index (χ1) is 8.94. The van der Waals surface area contributed by atoms with E-state index in [1.165, 1.54) is 5.56 Å². The van der Waals surface area contributed by atoms with Crippen LogP contribution in [0.25, 0.3) is 0 Å². The summed E-state index contributed by atoms with van der Waals surface area (Å²) in [6.07, 6.45) is 0. The summed E-state index contributed by atoms with van der Waals surface area (Å²) in [6.45, 7) is 6.13. The van der Waals surface area contributed by atoms with Crippen LogP contribution in [0.2, 0.25) is 0 Å². The number of aryl methyl sites for hydroxylation is 1. The van der Waals surface area contributed by atoms with Crippen LogP contribution in [0.4, 0.5) is 17.3 Å². The van der Waals surface area contributed by atoms with Crippen LogP contribution >= 0.6 is 15.9 Å². The van der Waals surface area contributed by atoms with E-state index in [9.17, 15) is 0 Å². The molecule has 0 amide bonds. The SMILES string of the molecule is Cc1cc(Br)cc(Nc2cc(N)nc(C(C)C)n2)c1. The van der Waals surface area contributed by atoms with Gasteiger partial charge in [0.05, 0.1) is 0 Å². The van der Waals surface area contributed by atoms with Gasteiger partial charge in [-0.15, -0.1) is 0 Å². The van der Waals surface area contributed by atoms with Gasteiger partial charge in [-0.3, -0.25) is 0 Å².